The number of halogens is 1. The van der Waals surface area contributed by atoms with Crippen molar-refractivity contribution in [3.63, 3.8) is 0 Å². The van der Waals surface area contributed by atoms with Gasteiger partial charge in [0.1, 0.15) is 11.6 Å². The Morgan fingerprint density at radius 2 is 2.14 bits per heavy atom. The largest absolute Gasteiger partial charge is 0.455 e. The lowest BCUT2D eigenvalue weighted by Gasteiger charge is -2.24. The quantitative estimate of drug-likeness (QED) is 0.947. The van der Waals surface area contributed by atoms with Gasteiger partial charge in [0.05, 0.1) is 12.6 Å². The van der Waals surface area contributed by atoms with Gasteiger partial charge in [-0.3, -0.25) is 4.79 Å². The van der Waals surface area contributed by atoms with Crippen LogP contribution in [0.2, 0.25) is 0 Å². The number of furan rings is 1. The molecule has 5 heteroatoms. The van der Waals surface area contributed by atoms with E-state index in [1.54, 1.807) is 35.2 Å². The molecule has 1 aromatic heterocycles. The molecule has 22 heavy (non-hydrogen) atoms. The number of amides is 1. The van der Waals surface area contributed by atoms with E-state index in [4.69, 9.17) is 10.2 Å². The number of hydrogen-bond acceptors (Lipinski definition) is 3. The Kier molecular flexibility index (Phi) is 3.98. The normalized spacial score (nSPS) is 21.3. The third-order valence-corrected chi connectivity index (χ3v) is 4.11. The third-order valence-electron chi connectivity index (χ3n) is 4.11. The van der Waals surface area contributed by atoms with E-state index in [-0.39, 0.29) is 30.1 Å². The summed E-state index contributed by atoms with van der Waals surface area (Å²) in [6, 6.07) is 9.70. The van der Waals surface area contributed by atoms with Gasteiger partial charge in [-0.2, -0.15) is 0 Å². The van der Waals surface area contributed by atoms with Crippen molar-refractivity contribution in [1.29, 1.82) is 0 Å². The predicted octanol–water partition coefficient (Wildman–Crippen LogP) is 3.10. The van der Waals surface area contributed by atoms with Crippen LogP contribution < -0.4 is 5.73 Å². The molecule has 0 bridgehead atoms. The molecule has 1 saturated heterocycles. The van der Waals surface area contributed by atoms with Crippen LogP contribution in [0.25, 0.3) is 0 Å². The van der Waals surface area contributed by atoms with Crippen LogP contribution in [-0.2, 0) is 6.54 Å². The van der Waals surface area contributed by atoms with E-state index in [2.05, 4.69) is 6.92 Å². The summed E-state index contributed by atoms with van der Waals surface area (Å²) >= 11 is 0. The Bertz CT molecular complexity index is 683. The van der Waals surface area contributed by atoms with Crippen LogP contribution in [0.3, 0.4) is 0 Å². The zero-order valence-electron chi connectivity index (χ0n) is 12.5. The van der Waals surface area contributed by atoms with Gasteiger partial charge in [0, 0.05) is 12.1 Å². The first-order chi connectivity index (χ1) is 10.6. The molecule has 0 spiro atoms. The summed E-state index contributed by atoms with van der Waals surface area (Å²) in [6.07, 6.45) is 0.747. The van der Waals surface area contributed by atoms with Crippen molar-refractivity contribution in [3.05, 3.63) is 59.3 Å². The zero-order valence-corrected chi connectivity index (χ0v) is 12.5. The number of carbonyl (C=O) groups is 1. The smallest absolute Gasteiger partial charge is 0.290 e. The summed E-state index contributed by atoms with van der Waals surface area (Å²) in [5, 5.41) is 0. The van der Waals surface area contributed by atoms with Gasteiger partial charge in [-0.25, -0.2) is 4.39 Å². The van der Waals surface area contributed by atoms with Gasteiger partial charge < -0.3 is 15.1 Å². The maximum Gasteiger partial charge on any atom is 0.290 e. The lowest BCUT2D eigenvalue weighted by molar-refractivity contribution is 0.0696. The molecule has 1 aliphatic rings. The molecule has 2 aromatic rings. The highest BCUT2D eigenvalue weighted by atomic mass is 19.1. The van der Waals surface area contributed by atoms with E-state index in [1.807, 2.05) is 0 Å². The molecule has 1 amide bonds. The average molecular weight is 302 g/mol. The van der Waals surface area contributed by atoms with Gasteiger partial charge >= 0.3 is 0 Å². The summed E-state index contributed by atoms with van der Waals surface area (Å²) in [5.74, 6) is 0.658. The van der Waals surface area contributed by atoms with E-state index >= 15 is 0 Å². The molecule has 0 aliphatic carbocycles. The average Bonchev–Trinajstić information content (AvgIpc) is 3.13. The van der Waals surface area contributed by atoms with Crippen LogP contribution in [0.4, 0.5) is 4.39 Å². The minimum atomic E-state index is -0.276. The Hall–Kier alpha value is -2.14. The van der Waals surface area contributed by atoms with E-state index in [9.17, 15) is 9.18 Å². The second-order valence-corrected chi connectivity index (χ2v) is 5.81. The summed E-state index contributed by atoms with van der Waals surface area (Å²) in [4.78, 5) is 14.4. The number of nitrogens with zero attached hydrogens (tertiary/aromatic N) is 1. The molecule has 1 aliphatic heterocycles. The number of carbonyl (C=O) groups excluding carboxylic acids is 1. The predicted molar refractivity (Wildman–Crippen MR) is 80.6 cm³/mol. The fourth-order valence-electron chi connectivity index (χ4n) is 3.05. The molecule has 1 aromatic carbocycles. The molecule has 1 fully saturated rings. The van der Waals surface area contributed by atoms with Crippen molar-refractivity contribution < 1.29 is 13.6 Å². The minimum Gasteiger partial charge on any atom is -0.455 e. The van der Waals surface area contributed by atoms with Crippen LogP contribution in [0, 0.1) is 11.7 Å². The molecule has 0 saturated carbocycles. The molecule has 2 atom stereocenters. The van der Waals surface area contributed by atoms with Crippen LogP contribution in [0.1, 0.15) is 41.3 Å². The molecule has 4 nitrogen and oxygen atoms in total. The minimum absolute atomic E-state index is 0.211. The summed E-state index contributed by atoms with van der Waals surface area (Å²) in [7, 11) is 0. The lowest BCUT2D eigenvalue weighted by Crippen LogP contribution is -2.31. The van der Waals surface area contributed by atoms with E-state index in [0.29, 0.717) is 23.8 Å². The highest BCUT2D eigenvalue weighted by molar-refractivity contribution is 5.92. The fraction of sp³-hybridized carbons (Fsp3) is 0.353. The maximum absolute atomic E-state index is 14.1. The molecular weight excluding hydrogens is 283 g/mol. The first-order valence-corrected chi connectivity index (χ1v) is 7.44. The number of rotatable bonds is 3. The molecule has 116 valence electrons. The van der Waals surface area contributed by atoms with Crippen LogP contribution in [0.5, 0.6) is 0 Å². The fourth-order valence-corrected chi connectivity index (χ4v) is 3.05. The van der Waals surface area contributed by atoms with Gasteiger partial charge in [0.15, 0.2) is 5.76 Å². The van der Waals surface area contributed by atoms with Crippen molar-refractivity contribution in [2.75, 3.05) is 6.54 Å². The Morgan fingerprint density at radius 3 is 2.82 bits per heavy atom. The van der Waals surface area contributed by atoms with Gasteiger partial charge in [-0.05, 0) is 30.5 Å². The van der Waals surface area contributed by atoms with Crippen LogP contribution >= 0.6 is 0 Å². The van der Waals surface area contributed by atoms with Crippen molar-refractivity contribution in [2.45, 2.75) is 25.9 Å². The van der Waals surface area contributed by atoms with Gasteiger partial charge in [-0.15, -0.1) is 0 Å². The molecule has 0 unspecified atom stereocenters. The standard InChI is InChI=1S/C17H19FN2O2/c1-11-8-15(13-4-2-3-5-14(13)18)20(10-11)17(21)16-7-6-12(9-19)22-16/h2-7,11,15H,8-10,19H2,1H3/t11-,15+/m0/s1. The first kappa shape index (κ1) is 14.8. The van der Waals surface area contributed by atoms with Gasteiger partial charge in [0.25, 0.3) is 5.91 Å². The molecule has 0 radical (unpaired) electrons. The summed E-state index contributed by atoms with van der Waals surface area (Å²) in [5.41, 5.74) is 6.07. The molecule has 2 N–H and O–H groups in total. The second kappa shape index (κ2) is 5.93. The van der Waals surface area contributed by atoms with Crippen LogP contribution in [-0.4, -0.2) is 17.4 Å². The topological polar surface area (TPSA) is 59.5 Å². The van der Waals surface area contributed by atoms with E-state index in [0.717, 1.165) is 6.42 Å². The Balaban J connectivity index is 1.90. The Labute approximate surface area is 128 Å². The number of hydrogen-bond donors (Lipinski definition) is 1. The molecular formula is C17H19FN2O2. The first-order valence-electron chi connectivity index (χ1n) is 7.44. The van der Waals surface area contributed by atoms with Crippen molar-refractivity contribution in [1.82, 2.24) is 4.90 Å². The van der Waals surface area contributed by atoms with Crippen molar-refractivity contribution in [2.24, 2.45) is 11.7 Å². The Morgan fingerprint density at radius 1 is 1.36 bits per heavy atom. The van der Waals surface area contributed by atoms with E-state index < -0.39 is 0 Å². The number of likely N-dealkylation sites (tertiary alicyclic amines) is 1. The van der Waals surface area contributed by atoms with Crippen LogP contribution in [0.15, 0.2) is 40.8 Å². The number of benzene rings is 1. The third kappa shape index (κ3) is 2.64. The monoisotopic (exact) mass is 302 g/mol. The highest BCUT2D eigenvalue weighted by Crippen LogP contribution is 2.37. The molecule has 2 heterocycles. The molecule has 3 rings (SSSR count). The van der Waals surface area contributed by atoms with Gasteiger partial charge in [0.2, 0.25) is 0 Å². The summed E-state index contributed by atoms with van der Waals surface area (Å²) < 4.78 is 19.5. The van der Waals surface area contributed by atoms with Crippen molar-refractivity contribution in [3.8, 4) is 0 Å². The van der Waals surface area contributed by atoms with E-state index in [1.165, 1.54) is 6.07 Å². The highest BCUT2D eigenvalue weighted by Gasteiger charge is 2.36. The SMILES string of the molecule is C[C@H]1C[C@H](c2ccccc2F)N(C(=O)c2ccc(CN)o2)C1. The zero-order chi connectivity index (χ0) is 15.7. The van der Waals surface area contributed by atoms with Gasteiger partial charge in [-0.1, -0.05) is 25.1 Å². The van der Waals surface area contributed by atoms with Crippen molar-refractivity contribution >= 4 is 5.91 Å². The second-order valence-electron chi connectivity index (χ2n) is 5.81. The summed E-state index contributed by atoms with van der Waals surface area (Å²) in [6.45, 7) is 2.91. The lowest BCUT2D eigenvalue weighted by atomic mass is 10.0. The number of nitrogens with two attached hydrogens (primary N) is 1. The maximum atomic E-state index is 14.1.